The maximum atomic E-state index is 2.61. The molecule has 8 aromatic rings. The van der Waals surface area contributed by atoms with Gasteiger partial charge in [-0.3, -0.25) is 0 Å². The third-order valence-electron chi connectivity index (χ3n) is 14.6. The Bertz CT molecular complexity index is 3170. The van der Waals surface area contributed by atoms with Gasteiger partial charge in [0.15, 0.2) is 0 Å². The number of anilines is 2. The van der Waals surface area contributed by atoms with Gasteiger partial charge in [-0.05, 0) is 127 Å². The number of nitrogens with zero attached hydrogens (tertiary/aromatic N) is 1. The van der Waals surface area contributed by atoms with Crippen LogP contribution in [-0.4, -0.2) is 6.04 Å². The van der Waals surface area contributed by atoms with Gasteiger partial charge in [-0.25, -0.2) is 0 Å². The molecular weight excluding hydrogens is 735 g/mol. The van der Waals surface area contributed by atoms with E-state index < -0.39 is 10.8 Å². The summed E-state index contributed by atoms with van der Waals surface area (Å²) in [7, 11) is 0. The Labute approximate surface area is 358 Å². The van der Waals surface area contributed by atoms with Crippen molar-refractivity contribution in [2.24, 2.45) is 0 Å². The molecule has 0 spiro atoms. The van der Waals surface area contributed by atoms with E-state index in [-0.39, 0.29) is 6.04 Å². The van der Waals surface area contributed by atoms with E-state index >= 15 is 0 Å². The van der Waals surface area contributed by atoms with Crippen molar-refractivity contribution in [3.05, 3.63) is 279 Å². The standard InChI is InChI=1S/C60H43N/c1-4-20-42(21-5-1)59(52-32-16-17-33-53(52)60(43-22-6-2-7-23-43)51-31-15-13-28-47(51)48-29-18-34-54(59)58(48)60)50-30-14-12-26-45(50)41-36-37-55-49(39-41)57-46-27-11-10-19-40(46)35-38-56(57)61(55)44-24-8-3-9-25-44/h1-10,12-26,28-36,38-39,55H,11,27,37H2. The van der Waals surface area contributed by atoms with Crippen LogP contribution in [0.2, 0.25) is 0 Å². The van der Waals surface area contributed by atoms with E-state index in [9.17, 15) is 0 Å². The fourth-order valence-corrected chi connectivity index (χ4v) is 12.4. The Morgan fingerprint density at radius 2 is 1.05 bits per heavy atom. The van der Waals surface area contributed by atoms with Crippen LogP contribution in [0, 0.1) is 0 Å². The smallest absolute Gasteiger partial charge is 0.0720 e. The second-order valence-electron chi connectivity index (χ2n) is 17.3. The molecule has 0 fully saturated rings. The lowest BCUT2D eigenvalue weighted by atomic mass is 9.51. The molecule has 0 amide bonds. The lowest BCUT2D eigenvalue weighted by molar-refractivity contribution is 0.625. The quantitative estimate of drug-likeness (QED) is 0.168. The highest BCUT2D eigenvalue weighted by molar-refractivity contribution is 6.01. The van der Waals surface area contributed by atoms with E-state index in [1.807, 2.05) is 0 Å². The predicted molar refractivity (Wildman–Crippen MR) is 252 cm³/mol. The molecule has 0 radical (unpaired) electrons. The lowest BCUT2D eigenvalue weighted by Gasteiger charge is -2.50. The molecule has 5 aliphatic rings. The van der Waals surface area contributed by atoms with Crippen molar-refractivity contribution in [1.29, 1.82) is 0 Å². The second kappa shape index (κ2) is 13.1. The number of para-hydroxylation sites is 1. The molecule has 4 aliphatic carbocycles. The van der Waals surface area contributed by atoms with E-state index in [0.29, 0.717) is 0 Å². The minimum absolute atomic E-state index is 0.228. The first-order chi connectivity index (χ1) is 30.3. The van der Waals surface area contributed by atoms with Crippen LogP contribution < -0.4 is 4.90 Å². The first kappa shape index (κ1) is 34.6. The molecule has 1 nitrogen and oxygen atoms in total. The number of fused-ring (bicyclic) bond motifs is 10. The maximum Gasteiger partial charge on any atom is 0.0720 e. The molecule has 1 heterocycles. The monoisotopic (exact) mass is 777 g/mol. The molecule has 0 saturated carbocycles. The molecule has 8 aromatic carbocycles. The molecule has 1 aliphatic heterocycles. The number of benzene rings is 8. The molecule has 13 rings (SSSR count). The van der Waals surface area contributed by atoms with Crippen LogP contribution in [0.4, 0.5) is 11.4 Å². The number of allylic oxidation sites excluding steroid dienone is 3. The van der Waals surface area contributed by atoms with Crippen molar-refractivity contribution >= 4 is 28.6 Å². The fourth-order valence-electron chi connectivity index (χ4n) is 12.4. The van der Waals surface area contributed by atoms with Gasteiger partial charge < -0.3 is 4.90 Å². The maximum absolute atomic E-state index is 2.61. The summed E-state index contributed by atoms with van der Waals surface area (Å²) in [6.45, 7) is 0. The number of rotatable bonds is 5. The zero-order valence-electron chi connectivity index (χ0n) is 33.9. The van der Waals surface area contributed by atoms with E-state index in [4.69, 9.17) is 0 Å². The van der Waals surface area contributed by atoms with Crippen LogP contribution in [0.15, 0.2) is 212 Å². The molecule has 0 aromatic heterocycles. The second-order valence-corrected chi connectivity index (χ2v) is 17.3. The molecule has 61 heavy (non-hydrogen) atoms. The molecule has 3 unspecified atom stereocenters. The van der Waals surface area contributed by atoms with Gasteiger partial charge in [0, 0.05) is 16.9 Å². The van der Waals surface area contributed by atoms with Crippen molar-refractivity contribution in [3.8, 4) is 11.1 Å². The summed E-state index contributed by atoms with van der Waals surface area (Å²) in [5.74, 6) is 0. The van der Waals surface area contributed by atoms with Crippen LogP contribution in [0.5, 0.6) is 0 Å². The Hall–Kier alpha value is -7.22. The van der Waals surface area contributed by atoms with Crippen LogP contribution in [0.25, 0.3) is 28.3 Å². The van der Waals surface area contributed by atoms with Crippen molar-refractivity contribution in [3.63, 3.8) is 0 Å². The van der Waals surface area contributed by atoms with Crippen molar-refractivity contribution in [1.82, 2.24) is 0 Å². The Kier molecular flexibility index (Phi) is 7.46. The third-order valence-corrected chi connectivity index (χ3v) is 14.6. The minimum atomic E-state index is -0.621. The van der Waals surface area contributed by atoms with E-state index in [1.54, 1.807) is 0 Å². The summed E-state index contributed by atoms with van der Waals surface area (Å²) in [6, 6.07) is 73.7. The van der Waals surface area contributed by atoms with Gasteiger partial charge in [0.2, 0.25) is 0 Å². The summed E-state index contributed by atoms with van der Waals surface area (Å²) in [5, 5.41) is 0. The molecule has 3 atom stereocenters. The minimum Gasteiger partial charge on any atom is -0.333 e. The van der Waals surface area contributed by atoms with E-state index in [2.05, 4.69) is 223 Å². The molecule has 0 N–H and O–H groups in total. The predicted octanol–water partition coefficient (Wildman–Crippen LogP) is 14.1. The summed E-state index contributed by atoms with van der Waals surface area (Å²) in [4.78, 5) is 2.61. The van der Waals surface area contributed by atoms with Crippen molar-refractivity contribution in [2.45, 2.75) is 36.1 Å². The Balaban J connectivity index is 1.10. The summed E-state index contributed by atoms with van der Waals surface area (Å²) in [5.41, 5.74) is 23.2. The van der Waals surface area contributed by atoms with E-state index in [1.165, 1.54) is 100 Å². The van der Waals surface area contributed by atoms with Crippen LogP contribution in [-0.2, 0) is 17.3 Å². The van der Waals surface area contributed by atoms with Crippen molar-refractivity contribution < 1.29 is 0 Å². The first-order valence-electron chi connectivity index (χ1n) is 21.9. The third kappa shape index (κ3) is 4.56. The Morgan fingerprint density at radius 3 is 1.79 bits per heavy atom. The molecule has 1 heteroatoms. The highest BCUT2D eigenvalue weighted by Gasteiger charge is 2.58. The average Bonchev–Trinajstić information content (AvgIpc) is 3.84. The summed E-state index contributed by atoms with van der Waals surface area (Å²) in [6.07, 6.45) is 12.8. The Morgan fingerprint density at radius 1 is 0.475 bits per heavy atom. The molecule has 288 valence electrons. The van der Waals surface area contributed by atoms with Crippen molar-refractivity contribution in [2.75, 3.05) is 4.90 Å². The summed E-state index contributed by atoms with van der Waals surface area (Å²) < 4.78 is 0. The van der Waals surface area contributed by atoms with E-state index in [0.717, 1.165) is 19.3 Å². The van der Waals surface area contributed by atoms with Gasteiger partial charge in [-0.15, -0.1) is 0 Å². The van der Waals surface area contributed by atoms with Gasteiger partial charge in [0.1, 0.15) is 0 Å². The van der Waals surface area contributed by atoms with Crippen LogP contribution in [0.1, 0.15) is 79.6 Å². The molecular formula is C60H43N. The van der Waals surface area contributed by atoms with Crippen LogP contribution >= 0.6 is 0 Å². The van der Waals surface area contributed by atoms with Crippen LogP contribution in [0.3, 0.4) is 0 Å². The molecule has 0 saturated heterocycles. The number of hydrogen-bond acceptors (Lipinski definition) is 1. The average molecular weight is 778 g/mol. The van der Waals surface area contributed by atoms with Gasteiger partial charge in [-0.1, -0.05) is 194 Å². The number of hydrogen-bond donors (Lipinski definition) is 0. The topological polar surface area (TPSA) is 3.24 Å². The lowest BCUT2D eigenvalue weighted by Crippen LogP contribution is -2.44. The fraction of sp³-hybridized carbons (Fsp3) is 0.100. The van der Waals surface area contributed by atoms with Gasteiger partial charge in [0.05, 0.1) is 16.9 Å². The van der Waals surface area contributed by atoms with Gasteiger partial charge >= 0.3 is 0 Å². The summed E-state index contributed by atoms with van der Waals surface area (Å²) >= 11 is 0. The van der Waals surface area contributed by atoms with Gasteiger partial charge in [0.25, 0.3) is 0 Å². The molecule has 0 bridgehead atoms. The van der Waals surface area contributed by atoms with Gasteiger partial charge in [-0.2, -0.15) is 0 Å². The highest BCUT2D eigenvalue weighted by Crippen LogP contribution is 2.66. The largest absolute Gasteiger partial charge is 0.333 e. The normalized spacial score (nSPS) is 21.0. The SMILES string of the molecule is C1=Cc2ccc3c(c2CC1)C1=CC(c2ccccc2C2(c4ccccc4)c4ccccc4C4(c5ccccc5)c5ccccc5-c5cccc2c54)=CCC1N3c1ccccc1. The zero-order valence-corrected chi connectivity index (χ0v) is 33.9. The zero-order chi connectivity index (χ0) is 40.1. The first-order valence-corrected chi connectivity index (χ1v) is 21.9. The highest BCUT2D eigenvalue weighted by atomic mass is 15.2.